The van der Waals surface area contributed by atoms with Crippen LogP contribution in [0.2, 0.25) is 0 Å². The van der Waals surface area contributed by atoms with Crippen molar-refractivity contribution in [2.24, 2.45) is 0 Å². The van der Waals surface area contributed by atoms with Gasteiger partial charge in [-0.1, -0.05) is 26.2 Å². The molecule has 0 saturated carbocycles. The molecule has 0 atom stereocenters. The van der Waals surface area contributed by atoms with Gasteiger partial charge >= 0.3 is 0 Å². The maximum atomic E-state index is 5.49. The van der Waals surface area contributed by atoms with Crippen LogP contribution in [0.4, 0.5) is 0 Å². The Labute approximate surface area is 78.4 Å². The number of ether oxygens (including phenoxy) is 1. The molecule has 0 aliphatic rings. The summed E-state index contributed by atoms with van der Waals surface area (Å²) in [6.07, 6.45) is 4.63. The molecule has 1 heterocycles. The van der Waals surface area contributed by atoms with Crippen molar-refractivity contribution < 1.29 is 4.74 Å². The van der Waals surface area contributed by atoms with Gasteiger partial charge in [0.2, 0.25) is 0 Å². The first-order valence-electron chi connectivity index (χ1n) is 4.39. The quantitative estimate of drug-likeness (QED) is 0.613. The van der Waals surface area contributed by atoms with Gasteiger partial charge in [-0.2, -0.15) is 0 Å². The maximum absolute atomic E-state index is 5.49. The summed E-state index contributed by atoms with van der Waals surface area (Å²) in [4.78, 5) is 0. The fraction of sp³-hybridized carbons (Fsp3) is 0.500. The van der Waals surface area contributed by atoms with Crippen molar-refractivity contribution in [3.63, 3.8) is 0 Å². The lowest BCUT2D eigenvalue weighted by Crippen LogP contribution is -1.94. The minimum atomic E-state index is 0.848. The van der Waals surface area contributed by atoms with Gasteiger partial charge in [0.25, 0.3) is 0 Å². The summed E-state index contributed by atoms with van der Waals surface area (Å²) in [7, 11) is 0. The highest BCUT2D eigenvalue weighted by atomic mass is 32.1. The molecule has 0 bridgehead atoms. The molecule has 0 aromatic carbocycles. The first kappa shape index (κ1) is 9.59. The van der Waals surface area contributed by atoms with E-state index < -0.39 is 0 Å². The minimum Gasteiger partial charge on any atom is -0.484 e. The van der Waals surface area contributed by atoms with Crippen molar-refractivity contribution in [3.05, 3.63) is 24.4 Å². The topological polar surface area (TPSA) is 9.23 Å². The smallest absolute Gasteiger partial charge is 0.173 e. The molecule has 1 radical (unpaired) electrons. The number of rotatable bonds is 6. The third-order valence-electron chi connectivity index (χ3n) is 1.63. The third-order valence-corrected chi connectivity index (χ3v) is 2.41. The van der Waals surface area contributed by atoms with Gasteiger partial charge < -0.3 is 4.74 Å². The molecule has 1 nitrogen and oxygen atoms in total. The molecule has 12 heavy (non-hydrogen) atoms. The SMILES string of the molecule is [CH2]CCCCCOc1cccs1. The van der Waals surface area contributed by atoms with Crippen molar-refractivity contribution in [1.29, 1.82) is 0 Å². The third kappa shape index (κ3) is 3.77. The standard InChI is InChI=1S/C10H15OS/c1-2-3-4-5-8-11-10-7-6-9-12-10/h6-7,9H,1-5,8H2. The molecule has 0 N–H and O–H groups in total. The predicted molar refractivity (Wildman–Crippen MR) is 53.6 cm³/mol. The Morgan fingerprint density at radius 3 is 2.92 bits per heavy atom. The molecule has 0 fully saturated rings. The molecule has 0 spiro atoms. The molecule has 0 aliphatic carbocycles. The summed E-state index contributed by atoms with van der Waals surface area (Å²) in [5.74, 6) is 0. The van der Waals surface area contributed by atoms with Gasteiger partial charge in [0.1, 0.15) is 0 Å². The second-order valence-corrected chi connectivity index (χ2v) is 3.60. The molecule has 0 unspecified atom stereocenters. The molecule has 0 amide bonds. The number of hydrogen-bond donors (Lipinski definition) is 0. The van der Waals surface area contributed by atoms with Gasteiger partial charge in [-0.15, -0.1) is 11.3 Å². The second-order valence-electron chi connectivity index (χ2n) is 2.69. The number of thiophene rings is 1. The van der Waals surface area contributed by atoms with Crippen LogP contribution in [0.25, 0.3) is 0 Å². The lowest BCUT2D eigenvalue weighted by Gasteiger charge is -2.01. The lowest BCUT2D eigenvalue weighted by atomic mass is 10.2. The van der Waals surface area contributed by atoms with E-state index in [1.54, 1.807) is 11.3 Å². The van der Waals surface area contributed by atoms with E-state index in [9.17, 15) is 0 Å². The maximum Gasteiger partial charge on any atom is 0.173 e. The first-order chi connectivity index (χ1) is 5.93. The second kappa shape index (κ2) is 6.06. The van der Waals surface area contributed by atoms with Crippen molar-refractivity contribution in [2.45, 2.75) is 25.7 Å². The largest absolute Gasteiger partial charge is 0.484 e. The van der Waals surface area contributed by atoms with Crippen LogP contribution in [-0.2, 0) is 0 Å². The molecule has 0 saturated heterocycles. The van der Waals surface area contributed by atoms with E-state index >= 15 is 0 Å². The first-order valence-corrected chi connectivity index (χ1v) is 5.27. The fourth-order valence-corrected chi connectivity index (χ4v) is 1.57. The monoisotopic (exact) mass is 183 g/mol. The summed E-state index contributed by atoms with van der Waals surface area (Å²) in [6.45, 7) is 4.64. The Hall–Kier alpha value is -0.500. The van der Waals surface area contributed by atoms with Crippen LogP contribution < -0.4 is 4.74 Å². The van der Waals surface area contributed by atoms with Gasteiger partial charge in [0.05, 0.1) is 6.61 Å². The van der Waals surface area contributed by atoms with Crippen LogP contribution in [0.3, 0.4) is 0 Å². The van der Waals surface area contributed by atoms with Crippen LogP contribution >= 0.6 is 11.3 Å². The molecular formula is C10H15OS. The van der Waals surface area contributed by atoms with Gasteiger partial charge in [-0.3, -0.25) is 0 Å². The van der Waals surface area contributed by atoms with Crippen molar-refractivity contribution >= 4 is 11.3 Å². The number of hydrogen-bond acceptors (Lipinski definition) is 2. The van der Waals surface area contributed by atoms with Gasteiger partial charge in [0, 0.05) is 0 Å². The Bertz CT molecular complexity index is 182. The molecule has 1 aromatic heterocycles. The Balaban J connectivity index is 1.96. The summed E-state index contributed by atoms with van der Waals surface area (Å²) in [5, 5.41) is 3.07. The molecule has 67 valence electrons. The molecule has 0 aliphatic heterocycles. The average molecular weight is 183 g/mol. The summed E-state index contributed by atoms with van der Waals surface area (Å²) in [5.41, 5.74) is 0. The zero-order chi connectivity index (χ0) is 8.65. The zero-order valence-corrected chi connectivity index (χ0v) is 8.11. The van der Waals surface area contributed by atoms with Crippen LogP contribution in [0.15, 0.2) is 17.5 Å². The Kier molecular flexibility index (Phi) is 4.85. The highest BCUT2D eigenvalue weighted by molar-refractivity contribution is 7.11. The van der Waals surface area contributed by atoms with Crippen molar-refractivity contribution in [1.82, 2.24) is 0 Å². The molecule has 2 heteroatoms. The van der Waals surface area contributed by atoms with Crippen molar-refractivity contribution in [3.8, 4) is 5.06 Å². The van der Waals surface area contributed by atoms with E-state index in [4.69, 9.17) is 4.74 Å². The van der Waals surface area contributed by atoms with Crippen LogP contribution in [0.1, 0.15) is 25.7 Å². The van der Waals surface area contributed by atoms with E-state index in [1.165, 1.54) is 12.8 Å². The zero-order valence-electron chi connectivity index (χ0n) is 7.29. The van der Waals surface area contributed by atoms with Crippen molar-refractivity contribution in [2.75, 3.05) is 6.61 Å². The summed E-state index contributed by atoms with van der Waals surface area (Å²) < 4.78 is 5.49. The number of unbranched alkanes of at least 4 members (excludes halogenated alkanes) is 3. The highest BCUT2D eigenvalue weighted by Gasteiger charge is 1.92. The molecule has 1 aromatic rings. The predicted octanol–water partition coefficient (Wildman–Crippen LogP) is 3.52. The van der Waals surface area contributed by atoms with E-state index in [0.29, 0.717) is 0 Å². The van der Waals surface area contributed by atoms with E-state index in [1.807, 2.05) is 17.5 Å². The van der Waals surface area contributed by atoms with E-state index in [0.717, 1.165) is 24.5 Å². The minimum absolute atomic E-state index is 0.848. The van der Waals surface area contributed by atoms with Gasteiger partial charge in [-0.05, 0) is 23.9 Å². The normalized spacial score (nSPS) is 10.1. The van der Waals surface area contributed by atoms with Crippen LogP contribution in [0, 0.1) is 6.92 Å². The highest BCUT2D eigenvalue weighted by Crippen LogP contribution is 2.18. The van der Waals surface area contributed by atoms with E-state index in [-0.39, 0.29) is 0 Å². The fourth-order valence-electron chi connectivity index (χ4n) is 0.974. The average Bonchev–Trinajstić information content (AvgIpc) is 2.57. The van der Waals surface area contributed by atoms with Gasteiger partial charge in [-0.25, -0.2) is 0 Å². The van der Waals surface area contributed by atoms with Crippen LogP contribution in [-0.4, -0.2) is 6.61 Å². The van der Waals surface area contributed by atoms with Crippen LogP contribution in [0.5, 0.6) is 5.06 Å². The van der Waals surface area contributed by atoms with E-state index in [2.05, 4.69) is 6.92 Å². The molecular weight excluding hydrogens is 168 g/mol. The Morgan fingerprint density at radius 2 is 2.25 bits per heavy atom. The lowest BCUT2D eigenvalue weighted by molar-refractivity contribution is 0.314. The summed E-state index contributed by atoms with van der Waals surface area (Å²) in [6, 6.07) is 4.02. The van der Waals surface area contributed by atoms with Gasteiger partial charge in [0.15, 0.2) is 5.06 Å². The molecule has 1 rings (SSSR count). The Morgan fingerprint density at radius 1 is 1.33 bits per heavy atom. The summed E-state index contributed by atoms with van der Waals surface area (Å²) >= 11 is 1.65.